The Kier molecular flexibility index (Phi) is 8.84. The lowest BCUT2D eigenvalue weighted by atomic mass is 10.0. The van der Waals surface area contributed by atoms with Crippen LogP contribution in [0.1, 0.15) is 52.4 Å². The summed E-state index contributed by atoms with van der Waals surface area (Å²) in [5, 5.41) is 6.38. The highest BCUT2D eigenvalue weighted by Crippen LogP contribution is 2.11. The van der Waals surface area contributed by atoms with Gasteiger partial charge in [0.25, 0.3) is 0 Å². The SMILES string of the molecule is CC(C)CCOCCNC(=O)CCC1CCCCN1. The number of piperidine rings is 1. The zero-order chi connectivity index (χ0) is 13.9. The summed E-state index contributed by atoms with van der Waals surface area (Å²) in [5.74, 6) is 0.831. The smallest absolute Gasteiger partial charge is 0.220 e. The Morgan fingerprint density at radius 1 is 1.37 bits per heavy atom. The van der Waals surface area contributed by atoms with Crippen molar-refractivity contribution in [3.05, 3.63) is 0 Å². The van der Waals surface area contributed by atoms with Crippen LogP contribution in [0.3, 0.4) is 0 Å². The van der Waals surface area contributed by atoms with Gasteiger partial charge in [-0.25, -0.2) is 0 Å². The minimum atomic E-state index is 0.153. The van der Waals surface area contributed by atoms with Gasteiger partial charge in [-0.1, -0.05) is 20.3 Å². The zero-order valence-electron chi connectivity index (χ0n) is 12.5. The van der Waals surface area contributed by atoms with Gasteiger partial charge >= 0.3 is 0 Å². The van der Waals surface area contributed by atoms with Gasteiger partial charge in [0.2, 0.25) is 5.91 Å². The molecular formula is C15H30N2O2. The Balaban J connectivity index is 1.90. The summed E-state index contributed by atoms with van der Waals surface area (Å²) in [4.78, 5) is 11.6. The van der Waals surface area contributed by atoms with Gasteiger partial charge < -0.3 is 15.4 Å². The molecule has 1 unspecified atom stereocenters. The molecule has 0 saturated carbocycles. The van der Waals surface area contributed by atoms with Crippen LogP contribution < -0.4 is 10.6 Å². The van der Waals surface area contributed by atoms with Gasteiger partial charge in [0, 0.05) is 25.6 Å². The number of nitrogens with one attached hydrogen (secondary N) is 2. The van der Waals surface area contributed by atoms with Crippen molar-refractivity contribution >= 4 is 5.91 Å². The second-order valence-electron chi connectivity index (χ2n) is 5.83. The first-order valence-corrected chi connectivity index (χ1v) is 7.76. The zero-order valence-corrected chi connectivity index (χ0v) is 12.5. The molecule has 112 valence electrons. The summed E-state index contributed by atoms with van der Waals surface area (Å²) in [6.45, 7) is 7.53. The Hall–Kier alpha value is -0.610. The average molecular weight is 270 g/mol. The molecule has 1 aliphatic heterocycles. The van der Waals surface area contributed by atoms with Gasteiger partial charge in [0.15, 0.2) is 0 Å². The fraction of sp³-hybridized carbons (Fsp3) is 0.933. The summed E-state index contributed by atoms with van der Waals surface area (Å²) in [6, 6.07) is 0.543. The van der Waals surface area contributed by atoms with Crippen LogP contribution in [0.2, 0.25) is 0 Å². The van der Waals surface area contributed by atoms with Gasteiger partial charge in [-0.3, -0.25) is 4.79 Å². The van der Waals surface area contributed by atoms with Crippen LogP contribution in [-0.4, -0.2) is 38.3 Å². The number of hydrogen-bond acceptors (Lipinski definition) is 3. The molecule has 0 aromatic heterocycles. The number of hydrogen-bond donors (Lipinski definition) is 2. The first-order valence-electron chi connectivity index (χ1n) is 7.76. The highest BCUT2D eigenvalue weighted by molar-refractivity contribution is 5.75. The van der Waals surface area contributed by atoms with E-state index in [2.05, 4.69) is 24.5 Å². The van der Waals surface area contributed by atoms with E-state index in [1.165, 1.54) is 19.3 Å². The van der Waals surface area contributed by atoms with Crippen LogP contribution in [0.15, 0.2) is 0 Å². The third kappa shape index (κ3) is 9.00. The normalized spacial score (nSPS) is 19.6. The largest absolute Gasteiger partial charge is 0.380 e. The van der Waals surface area contributed by atoms with Crippen molar-refractivity contribution in [2.45, 2.75) is 58.4 Å². The fourth-order valence-corrected chi connectivity index (χ4v) is 2.25. The molecule has 0 aromatic carbocycles. The van der Waals surface area contributed by atoms with E-state index in [0.29, 0.717) is 31.5 Å². The van der Waals surface area contributed by atoms with Crippen molar-refractivity contribution in [2.24, 2.45) is 5.92 Å². The molecule has 2 N–H and O–H groups in total. The van der Waals surface area contributed by atoms with Crippen LogP contribution in [0.5, 0.6) is 0 Å². The molecule has 4 nitrogen and oxygen atoms in total. The molecule has 1 atom stereocenters. The number of carbonyl (C=O) groups excluding carboxylic acids is 1. The van der Waals surface area contributed by atoms with E-state index in [1.807, 2.05) is 0 Å². The first-order chi connectivity index (χ1) is 9.18. The number of carbonyl (C=O) groups is 1. The first kappa shape index (κ1) is 16.4. The maximum absolute atomic E-state index is 11.6. The van der Waals surface area contributed by atoms with Crippen LogP contribution in [0.25, 0.3) is 0 Å². The molecule has 0 aromatic rings. The van der Waals surface area contributed by atoms with Gasteiger partial charge in [0.05, 0.1) is 6.61 Å². The Morgan fingerprint density at radius 2 is 2.21 bits per heavy atom. The minimum Gasteiger partial charge on any atom is -0.380 e. The van der Waals surface area contributed by atoms with Crippen molar-refractivity contribution in [3.8, 4) is 0 Å². The van der Waals surface area contributed by atoms with E-state index in [0.717, 1.165) is 26.0 Å². The summed E-state index contributed by atoms with van der Waals surface area (Å²) >= 11 is 0. The molecule has 4 heteroatoms. The maximum atomic E-state index is 11.6. The molecule has 1 aliphatic rings. The molecule has 0 radical (unpaired) electrons. The van der Waals surface area contributed by atoms with E-state index < -0.39 is 0 Å². The van der Waals surface area contributed by atoms with Crippen molar-refractivity contribution < 1.29 is 9.53 Å². The molecule has 0 spiro atoms. The van der Waals surface area contributed by atoms with Gasteiger partial charge in [-0.05, 0) is 38.1 Å². The van der Waals surface area contributed by atoms with Crippen LogP contribution >= 0.6 is 0 Å². The van der Waals surface area contributed by atoms with Crippen molar-refractivity contribution in [3.63, 3.8) is 0 Å². The predicted molar refractivity (Wildman–Crippen MR) is 78.2 cm³/mol. The molecule has 0 bridgehead atoms. The lowest BCUT2D eigenvalue weighted by molar-refractivity contribution is -0.121. The van der Waals surface area contributed by atoms with Gasteiger partial charge in [0.1, 0.15) is 0 Å². The lowest BCUT2D eigenvalue weighted by Gasteiger charge is -2.23. The topological polar surface area (TPSA) is 50.4 Å². The summed E-state index contributed by atoms with van der Waals surface area (Å²) in [5.41, 5.74) is 0. The third-order valence-electron chi connectivity index (χ3n) is 3.54. The minimum absolute atomic E-state index is 0.153. The summed E-state index contributed by atoms with van der Waals surface area (Å²) in [7, 11) is 0. The lowest BCUT2D eigenvalue weighted by Crippen LogP contribution is -2.35. The van der Waals surface area contributed by atoms with Gasteiger partial charge in [-0.2, -0.15) is 0 Å². The number of rotatable bonds is 9. The maximum Gasteiger partial charge on any atom is 0.220 e. The average Bonchev–Trinajstić information content (AvgIpc) is 2.41. The molecule has 1 heterocycles. The quantitative estimate of drug-likeness (QED) is 0.631. The molecule has 0 aliphatic carbocycles. The Bertz CT molecular complexity index is 238. The number of amides is 1. The van der Waals surface area contributed by atoms with E-state index in [4.69, 9.17) is 4.74 Å². The predicted octanol–water partition coefficient (Wildman–Crippen LogP) is 2.09. The Morgan fingerprint density at radius 3 is 2.89 bits per heavy atom. The molecule has 19 heavy (non-hydrogen) atoms. The van der Waals surface area contributed by atoms with E-state index in [1.54, 1.807) is 0 Å². The molecule has 1 rings (SSSR count). The van der Waals surface area contributed by atoms with Crippen molar-refractivity contribution in [1.82, 2.24) is 10.6 Å². The summed E-state index contributed by atoms with van der Waals surface area (Å²) in [6.07, 6.45) is 6.45. The van der Waals surface area contributed by atoms with Crippen LogP contribution in [-0.2, 0) is 9.53 Å². The van der Waals surface area contributed by atoms with E-state index in [-0.39, 0.29) is 5.91 Å². The number of ether oxygens (including phenoxy) is 1. The summed E-state index contributed by atoms with van der Waals surface area (Å²) < 4.78 is 5.46. The van der Waals surface area contributed by atoms with Crippen molar-refractivity contribution in [1.29, 1.82) is 0 Å². The third-order valence-corrected chi connectivity index (χ3v) is 3.54. The van der Waals surface area contributed by atoms with Crippen LogP contribution in [0, 0.1) is 5.92 Å². The fourth-order valence-electron chi connectivity index (χ4n) is 2.25. The van der Waals surface area contributed by atoms with Crippen molar-refractivity contribution in [2.75, 3.05) is 26.3 Å². The molecular weight excluding hydrogens is 240 g/mol. The highest BCUT2D eigenvalue weighted by Gasteiger charge is 2.13. The van der Waals surface area contributed by atoms with E-state index in [9.17, 15) is 4.79 Å². The highest BCUT2D eigenvalue weighted by atomic mass is 16.5. The molecule has 1 fully saturated rings. The second-order valence-corrected chi connectivity index (χ2v) is 5.83. The van der Waals surface area contributed by atoms with E-state index >= 15 is 0 Å². The molecule has 1 saturated heterocycles. The Labute approximate surface area is 117 Å². The van der Waals surface area contributed by atoms with Crippen LogP contribution in [0.4, 0.5) is 0 Å². The second kappa shape index (κ2) is 10.2. The molecule has 1 amide bonds. The van der Waals surface area contributed by atoms with Gasteiger partial charge in [-0.15, -0.1) is 0 Å². The monoisotopic (exact) mass is 270 g/mol. The standard InChI is InChI=1S/C15H30N2O2/c1-13(2)8-11-19-12-10-17-15(18)7-6-14-5-3-4-9-16-14/h13-14,16H,3-12H2,1-2H3,(H,17,18).